The Morgan fingerprint density at radius 1 is 0.923 bits per heavy atom. The number of piperazine rings is 1. The third-order valence-electron chi connectivity index (χ3n) is 4.80. The zero-order valence-electron chi connectivity index (χ0n) is 15.2. The number of hydrogen-bond donors (Lipinski definition) is 1. The van der Waals surface area contributed by atoms with E-state index in [0.717, 1.165) is 50.4 Å². The SMILES string of the molecule is CCc1ccc(NC(=O)CN2CCN(Cc3ccc(F)cc3)CC2)cc1. The van der Waals surface area contributed by atoms with Gasteiger partial charge in [-0.3, -0.25) is 14.6 Å². The molecule has 0 spiro atoms. The van der Waals surface area contributed by atoms with Crippen molar-refractivity contribution in [2.24, 2.45) is 0 Å². The number of halogens is 1. The number of rotatable bonds is 6. The Morgan fingerprint density at radius 2 is 1.50 bits per heavy atom. The summed E-state index contributed by atoms with van der Waals surface area (Å²) in [6, 6.07) is 14.7. The zero-order valence-corrected chi connectivity index (χ0v) is 15.2. The number of carbonyl (C=O) groups excluding carboxylic acids is 1. The molecule has 1 N–H and O–H groups in total. The van der Waals surface area contributed by atoms with Crippen LogP contribution in [0, 0.1) is 5.82 Å². The van der Waals surface area contributed by atoms with E-state index in [1.54, 1.807) is 0 Å². The van der Waals surface area contributed by atoms with Gasteiger partial charge in [0.25, 0.3) is 0 Å². The van der Waals surface area contributed by atoms with Crippen LogP contribution in [0.15, 0.2) is 48.5 Å². The van der Waals surface area contributed by atoms with Crippen LogP contribution in [0.3, 0.4) is 0 Å². The number of hydrogen-bond acceptors (Lipinski definition) is 3. The van der Waals surface area contributed by atoms with Gasteiger partial charge in [-0.25, -0.2) is 4.39 Å². The molecular weight excluding hydrogens is 329 g/mol. The minimum Gasteiger partial charge on any atom is -0.325 e. The summed E-state index contributed by atoms with van der Waals surface area (Å²) in [6.07, 6.45) is 0.996. The van der Waals surface area contributed by atoms with E-state index in [4.69, 9.17) is 0 Å². The molecule has 138 valence electrons. The Morgan fingerprint density at radius 3 is 2.12 bits per heavy atom. The first-order chi connectivity index (χ1) is 12.6. The fraction of sp³-hybridized carbons (Fsp3) is 0.381. The van der Waals surface area contributed by atoms with E-state index in [-0.39, 0.29) is 11.7 Å². The quantitative estimate of drug-likeness (QED) is 0.865. The van der Waals surface area contributed by atoms with Gasteiger partial charge >= 0.3 is 0 Å². The van der Waals surface area contributed by atoms with E-state index in [0.29, 0.717) is 6.54 Å². The summed E-state index contributed by atoms with van der Waals surface area (Å²) in [4.78, 5) is 16.8. The van der Waals surface area contributed by atoms with E-state index in [1.165, 1.54) is 17.7 Å². The molecule has 1 heterocycles. The first-order valence-corrected chi connectivity index (χ1v) is 9.20. The second-order valence-electron chi connectivity index (χ2n) is 6.78. The van der Waals surface area contributed by atoms with Gasteiger partial charge in [0, 0.05) is 38.4 Å². The molecule has 0 aliphatic carbocycles. The summed E-state index contributed by atoms with van der Waals surface area (Å²) >= 11 is 0. The van der Waals surface area contributed by atoms with Gasteiger partial charge in [-0.15, -0.1) is 0 Å². The largest absolute Gasteiger partial charge is 0.325 e. The van der Waals surface area contributed by atoms with Gasteiger partial charge in [-0.05, 0) is 41.8 Å². The van der Waals surface area contributed by atoms with Gasteiger partial charge in [0.2, 0.25) is 5.91 Å². The molecule has 5 heteroatoms. The van der Waals surface area contributed by atoms with Crippen molar-refractivity contribution >= 4 is 11.6 Å². The van der Waals surface area contributed by atoms with Crippen molar-refractivity contribution in [2.45, 2.75) is 19.9 Å². The van der Waals surface area contributed by atoms with Crippen molar-refractivity contribution in [2.75, 3.05) is 38.0 Å². The fourth-order valence-electron chi connectivity index (χ4n) is 3.18. The van der Waals surface area contributed by atoms with Crippen LogP contribution in [0.1, 0.15) is 18.1 Å². The molecule has 1 saturated heterocycles. The van der Waals surface area contributed by atoms with Gasteiger partial charge in [0.15, 0.2) is 0 Å². The average molecular weight is 355 g/mol. The predicted molar refractivity (Wildman–Crippen MR) is 103 cm³/mol. The fourth-order valence-corrected chi connectivity index (χ4v) is 3.18. The van der Waals surface area contributed by atoms with Crippen LogP contribution < -0.4 is 5.32 Å². The minimum atomic E-state index is -0.200. The number of benzene rings is 2. The maximum Gasteiger partial charge on any atom is 0.238 e. The van der Waals surface area contributed by atoms with Crippen molar-refractivity contribution < 1.29 is 9.18 Å². The molecule has 26 heavy (non-hydrogen) atoms. The molecule has 0 radical (unpaired) electrons. The van der Waals surface area contributed by atoms with Crippen molar-refractivity contribution in [3.05, 3.63) is 65.5 Å². The Kier molecular flexibility index (Phi) is 6.36. The summed E-state index contributed by atoms with van der Waals surface area (Å²) in [7, 11) is 0. The van der Waals surface area contributed by atoms with E-state index in [2.05, 4.69) is 22.0 Å². The van der Waals surface area contributed by atoms with Gasteiger partial charge in [0.1, 0.15) is 5.82 Å². The highest BCUT2D eigenvalue weighted by Gasteiger charge is 2.19. The molecule has 2 aromatic carbocycles. The van der Waals surface area contributed by atoms with Crippen LogP contribution in [0.5, 0.6) is 0 Å². The monoisotopic (exact) mass is 355 g/mol. The highest BCUT2D eigenvalue weighted by molar-refractivity contribution is 5.92. The maximum absolute atomic E-state index is 13.0. The summed E-state index contributed by atoms with van der Waals surface area (Å²) in [5.41, 5.74) is 3.23. The van der Waals surface area contributed by atoms with Crippen molar-refractivity contribution in [3.63, 3.8) is 0 Å². The Hall–Kier alpha value is -2.24. The predicted octanol–water partition coefficient (Wildman–Crippen LogP) is 3.14. The minimum absolute atomic E-state index is 0.0289. The number of carbonyl (C=O) groups is 1. The third kappa shape index (κ3) is 5.38. The number of amides is 1. The third-order valence-corrected chi connectivity index (χ3v) is 4.80. The number of aryl methyl sites for hydroxylation is 1. The average Bonchev–Trinajstić information content (AvgIpc) is 2.66. The lowest BCUT2D eigenvalue weighted by atomic mass is 10.1. The van der Waals surface area contributed by atoms with Gasteiger partial charge in [-0.1, -0.05) is 31.2 Å². The first kappa shape index (κ1) is 18.5. The molecule has 4 nitrogen and oxygen atoms in total. The van der Waals surface area contributed by atoms with E-state index in [9.17, 15) is 9.18 Å². The van der Waals surface area contributed by atoms with Crippen molar-refractivity contribution in [1.29, 1.82) is 0 Å². The standard InChI is InChI=1S/C21H26FN3O/c1-2-17-5-9-20(10-6-17)23-21(26)16-25-13-11-24(12-14-25)15-18-3-7-19(22)8-4-18/h3-10H,2,11-16H2,1H3,(H,23,26). The van der Waals surface area contributed by atoms with Crippen molar-refractivity contribution in [3.8, 4) is 0 Å². The highest BCUT2D eigenvalue weighted by atomic mass is 19.1. The summed E-state index contributed by atoms with van der Waals surface area (Å²) < 4.78 is 13.0. The van der Waals surface area contributed by atoms with Crippen molar-refractivity contribution in [1.82, 2.24) is 9.80 Å². The second kappa shape index (κ2) is 8.92. The summed E-state index contributed by atoms with van der Waals surface area (Å²) in [5.74, 6) is -0.171. The lowest BCUT2D eigenvalue weighted by molar-refractivity contribution is -0.117. The van der Waals surface area contributed by atoms with E-state index in [1.807, 2.05) is 36.4 Å². The smallest absolute Gasteiger partial charge is 0.238 e. The van der Waals surface area contributed by atoms with E-state index < -0.39 is 0 Å². The molecule has 0 aromatic heterocycles. The van der Waals surface area contributed by atoms with Crippen LogP contribution in [-0.2, 0) is 17.8 Å². The zero-order chi connectivity index (χ0) is 18.4. The molecule has 3 rings (SSSR count). The van der Waals surface area contributed by atoms with Crippen LogP contribution in [0.2, 0.25) is 0 Å². The van der Waals surface area contributed by atoms with Crippen LogP contribution in [0.25, 0.3) is 0 Å². The lowest BCUT2D eigenvalue weighted by Gasteiger charge is -2.34. The number of anilines is 1. The normalized spacial score (nSPS) is 15.8. The Bertz CT molecular complexity index is 707. The van der Waals surface area contributed by atoms with E-state index >= 15 is 0 Å². The molecule has 0 bridgehead atoms. The van der Waals surface area contributed by atoms with Gasteiger partial charge < -0.3 is 5.32 Å². The molecule has 0 atom stereocenters. The highest BCUT2D eigenvalue weighted by Crippen LogP contribution is 2.12. The topological polar surface area (TPSA) is 35.6 Å². The Labute approximate surface area is 154 Å². The molecule has 0 unspecified atom stereocenters. The maximum atomic E-state index is 13.0. The molecule has 0 saturated carbocycles. The molecule has 1 aliphatic rings. The van der Waals surface area contributed by atoms with Gasteiger partial charge in [0.05, 0.1) is 6.54 Å². The molecule has 1 amide bonds. The van der Waals surface area contributed by atoms with Crippen LogP contribution in [-0.4, -0.2) is 48.4 Å². The number of nitrogens with one attached hydrogen (secondary N) is 1. The first-order valence-electron chi connectivity index (χ1n) is 9.20. The lowest BCUT2D eigenvalue weighted by Crippen LogP contribution is -2.48. The summed E-state index contributed by atoms with van der Waals surface area (Å²) in [5, 5.41) is 2.97. The molecule has 2 aromatic rings. The molecule has 1 fully saturated rings. The Balaban J connectivity index is 1.41. The molecular formula is C21H26FN3O. The van der Waals surface area contributed by atoms with Crippen LogP contribution in [0.4, 0.5) is 10.1 Å². The van der Waals surface area contributed by atoms with Crippen LogP contribution >= 0.6 is 0 Å². The number of nitrogens with zero attached hydrogens (tertiary/aromatic N) is 2. The molecule has 1 aliphatic heterocycles. The summed E-state index contributed by atoms with van der Waals surface area (Å²) in [6.45, 7) is 6.91. The second-order valence-corrected chi connectivity index (χ2v) is 6.78. The van der Waals surface area contributed by atoms with Gasteiger partial charge in [-0.2, -0.15) is 0 Å².